The molecule has 142 valence electrons. The second-order valence-electron chi connectivity index (χ2n) is 6.98. The average molecular weight is 372 g/mol. The molecule has 4 nitrogen and oxygen atoms in total. The molecule has 2 aromatic rings. The molecule has 0 spiro atoms. The molecule has 0 bridgehead atoms. The van der Waals surface area contributed by atoms with E-state index in [2.05, 4.69) is 5.32 Å². The van der Waals surface area contributed by atoms with E-state index in [4.69, 9.17) is 0 Å². The van der Waals surface area contributed by atoms with Gasteiger partial charge in [0.25, 0.3) is 5.91 Å². The predicted octanol–water partition coefficient (Wildman–Crippen LogP) is 4.07. The van der Waals surface area contributed by atoms with Gasteiger partial charge < -0.3 is 10.2 Å². The number of hydrogen-bond donors (Lipinski definition) is 1. The largest absolute Gasteiger partial charge is 0.339 e. The minimum atomic E-state index is -1.04. The molecule has 0 unspecified atom stereocenters. The second kappa shape index (κ2) is 7.86. The highest BCUT2D eigenvalue weighted by Crippen LogP contribution is 2.22. The highest BCUT2D eigenvalue weighted by molar-refractivity contribution is 5.95. The Kier molecular flexibility index (Phi) is 5.54. The number of nitrogens with one attached hydrogen (secondary N) is 1. The van der Waals surface area contributed by atoms with Crippen molar-refractivity contribution >= 4 is 17.5 Å². The first-order valence-corrected chi connectivity index (χ1v) is 8.97. The van der Waals surface area contributed by atoms with Gasteiger partial charge in [-0.2, -0.15) is 0 Å². The fourth-order valence-corrected chi connectivity index (χ4v) is 3.22. The van der Waals surface area contributed by atoms with Crippen LogP contribution in [0, 0.1) is 31.4 Å². The molecule has 1 aliphatic heterocycles. The number of piperidine rings is 1. The molecule has 0 saturated carbocycles. The van der Waals surface area contributed by atoms with Gasteiger partial charge >= 0.3 is 0 Å². The molecule has 3 rings (SSSR count). The molecule has 1 heterocycles. The second-order valence-corrected chi connectivity index (χ2v) is 6.98. The lowest BCUT2D eigenvalue weighted by Gasteiger charge is -2.31. The van der Waals surface area contributed by atoms with Crippen molar-refractivity contribution in [2.24, 2.45) is 5.92 Å². The van der Waals surface area contributed by atoms with Crippen LogP contribution in [-0.4, -0.2) is 29.8 Å². The summed E-state index contributed by atoms with van der Waals surface area (Å²) in [5, 5.41) is 2.94. The van der Waals surface area contributed by atoms with Crippen molar-refractivity contribution in [2.75, 3.05) is 18.4 Å². The Morgan fingerprint density at radius 1 is 0.963 bits per heavy atom. The zero-order chi connectivity index (χ0) is 19.6. The Morgan fingerprint density at radius 2 is 1.67 bits per heavy atom. The predicted molar refractivity (Wildman–Crippen MR) is 99.5 cm³/mol. The number of anilines is 1. The number of carbonyl (C=O) groups excluding carboxylic acids is 2. The van der Waals surface area contributed by atoms with E-state index < -0.39 is 11.6 Å². The lowest BCUT2D eigenvalue weighted by molar-refractivity contribution is -0.121. The van der Waals surface area contributed by atoms with E-state index >= 15 is 0 Å². The molecule has 6 heteroatoms. The maximum absolute atomic E-state index is 13.3. The Balaban J connectivity index is 1.57. The standard InChI is InChI=1S/C21H22F2N2O2/c1-13-3-5-17(11-14(13)2)24-20(26)15-7-9-25(10-8-15)21(27)16-4-6-18(22)19(23)12-16/h3-6,11-12,15H,7-10H2,1-2H3,(H,24,26). The van der Waals surface area contributed by atoms with Crippen molar-refractivity contribution in [3.8, 4) is 0 Å². The number of carbonyl (C=O) groups is 2. The molecule has 1 saturated heterocycles. The number of aryl methyl sites for hydroxylation is 2. The molecule has 1 fully saturated rings. The van der Waals surface area contributed by atoms with Crippen LogP contribution in [0.25, 0.3) is 0 Å². The molecule has 2 aromatic carbocycles. The summed E-state index contributed by atoms with van der Waals surface area (Å²) in [5.41, 5.74) is 3.16. The lowest BCUT2D eigenvalue weighted by atomic mass is 9.95. The van der Waals surface area contributed by atoms with Gasteiger partial charge in [0.05, 0.1) is 0 Å². The van der Waals surface area contributed by atoms with Gasteiger partial charge in [-0.25, -0.2) is 8.78 Å². The third-order valence-corrected chi connectivity index (χ3v) is 5.09. The molecule has 0 atom stereocenters. The molecule has 0 radical (unpaired) electrons. The summed E-state index contributed by atoms with van der Waals surface area (Å²) in [7, 11) is 0. The van der Waals surface area contributed by atoms with Crippen molar-refractivity contribution in [1.29, 1.82) is 0 Å². The first-order chi connectivity index (χ1) is 12.8. The first kappa shape index (κ1) is 19.0. The molecular weight excluding hydrogens is 350 g/mol. The number of halogens is 2. The van der Waals surface area contributed by atoms with E-state index in [0.717, 1.165) is 28.9 Å². The van der Waals surface area contributed by atoms with E-state index in [0.29, 0.717) is 25.9 Å². The van der Waals surface area contributed by atoms with Crippen molar-refractivity contribution in [2.45, 2.75) is 26.7 Å². The molecule has 27 heavy (non-hydrogen) atoms. The monoisotopic (exact) mass is 372 g/mol. The summed E-state index contributed by atoms with van der Waals surface area (Å²) in [4.78, 5) is 26.5. The SMILES string of the molecule is Cc1ccc(NC(=O)C2CCN(C(=O)c3ccc(F)c(F)c3)CC2)cc1C. The van der Waals surface area contributed by atoms with E-state index in [1.807, 2.05) is 32.0 Å². The Hall–Kier alpha value is -2.76. The summed E-state index contributed by atoms with van der Waals surface area (Å²) in [5.74, 6) is -2.60. The topological polar surface area (TPSA) is 49.4 Å². The highest BCUT2D eigenvalue weighted by atomic mass is 19.2. The minimum Gasteiger partial charge on any atom is -0.339 e. The van der Waals surface area contributed by atoms with Crippen LogP contribution in [0.2, 0.25) is 0 Å². The quantitative estimate of drug-likeness (QED) is 0.883. The van der Waals surface area contributed by atoms with Crippen LogP contribution in [0.5, 0.6) is 0 Å². The lowest BCUT2D eigenvalue weighted by Crippen LogP contribution is -2.41. The van der Waals surface area contributed by atoms with Crippen LogP contribution < -0.4 is 5.32 Å². The maximum atomic E-state index is 13.3. The Bertz CT molecular complexity index is 874. The highest BCUT2D eigenvalue weighted by Gasteiger charge is 2.28. The molecule has 1 aliphatic rings. The van der Waals surface area contributed by atoms with Gasteiger partial charge in [0.1, 0.15) is 0 Å². The van der Waals surface area contributed by atoms with Crippen LogP contribution in [0.15, 0.2) is 36.4 Å². The van der Waals surface area contributed by atoms with Gasteiger partial charge in [-0.15, -0.1) is 0 Å². The number of rotatable bonds is 3. The number of nitrogens with zero attached hydrogens (tertiary/aromatic N) is 1. The third-order valence-electron chi connectivity index (χ3n) is 5.09. The fourth-order valence-electron chi connectivity index (χ4n) is 3.22. The minimum absolute atomic E-state index is 0.0572. The van der Waals surface area contributed by atoms with Crippen LogP contribution in [0.1, 0.15) is 34.3 Å². The van der Waals surface area contributed by atoms with Crippen LogP contribution >= 0.6 is 0 Å². The zero-order valence-electron chi connectivity index (χ0n) is 15.4. The summed E-state index contributed by atoms with van der Waals surface area (Å²) in [6.07, 6.45) is 1.07. The number of benzene rings is 2. The van der Waals surface area contributed by atoms with Crippen LogP contribution in [0.4, 0.5) is 14.5 Å². The van der Waals surface area contributed by atoms with E-state index in [1.165, 1.54) is 6.07 Å². The van der Waals surface area contributed by atoms with Crippen molar-refractivity contribution < 1.29 is 18.4 Å². The summed E-state index contributed by atoms with van der Waals surface area (Å²) in [6.45, 7) is 4.82. The van der Waals surface area contributed by atoms with Gasteiger partial charge in [-0.05, 0) is 68.1 Å². The van der Waals surface area contributed by atoms with Crippen LogP contribution in [0.3, 0.4) is 0 Å². The van der Waals surface area contributed by atoms with Gasteiger partial charge in [-0.3, -0.25) is 9.59 Å². The van der Waals surface area contributed by atoms with Crippen molar-refractivity contribution in [1.82, 2.24) is 4.90 Å². The number of likely N-dealkylation sites (tertiary alicyclic amines) is 1. The molecule has 0 aromatic heterocycles. The van der Waals surface area contributed by atoms with Gasteiger partial charge in [0, 0.05) is 30.3 Å². The van der Waals surface area contributed by atoms with Gasteiger partial charge in [0.15, 0.2) is 11.6 Å². The summed E-state index contributed by atoms with van der Waals surface area (Å²) in [6, 6.07) is 8.92. The summed E-state index contributed by atoms with van der Waals surface area (Å²) < 4.78 is 26.4. The fraction of sp³-hybridized carbons (Fsp3) is 0.333. The van der Waals surface area contributed by atoms with Crippen molar-refractivity contribution in [3.63, 3.8) is 0 Å². The van der Waals surface area contributed by atoms with Crippen LogP contribution in [-0.2, 0) is 4.79 Å². The molecule has 0 aliphatic carbocycles. The van der Waals surface area contributed by atoms with Crippen molar-refractivity contribution in [3.05, 3.63) is 64.7 Å². The number of hydrogen-bond acceptors (Lipinski definition) is 2. The first-order valence-electron chi connectivity index (χ1n) is 8.97. The normalized spacial score (nSPS) is 14.9. The number of amides is 2. The smallest absolute Gasteiger partial charge is 0.253 e. The third kappa shape index (κ3) is 4.32. The molecular formula is C21H22F2N2O2. The Morgan fingerprint density at radius 3 is 2.30 bits per heavy atom. The Labute approximate surface area is 157 Å². The van der Waals surface area contributed by atoms with E-state index in [1.54, 1.807) is 4.90 Å². The average Bonchev–Trinajstić information content (AvgIpc) is 2.66. The molecule has 2 amide bonds. The summed E-state index contributed by atoms with van der Waals surface area (Å²) >= 11 is 0. The van der Waals surface area contributed by atoms with E-state index in [-0.39, 0.29) is 23.3 Å². The molecule has 1 N–H and O–H groups in total. The van der Waals surface area contributed by atoms with E-state index in [9.17, 15) is 18.4 Å². The zero-order valence-corrected chi connectivity index (χ0v) is 15.4. The maximum Gasteiger partial charge on any atom is 0.253 e. The van der Waals surface area contributed by atoms with Gasteiger partial charge in [-0.1, -0.05) is 6.07 Å². The van der Waals surface area contributed by atoms with Gasteiger partial charge in [0.2, 0.25) is 5.91 Å².